The van der Waals surface area contributed by atoms with E-state index < -0.39 is 0 Å². The summed E-state index contributed by atoms with van der Waals surface area (Å²) in [5.74, 6) is 0.868. The van der Waals surface area contributed by atoms with Crippen molar-refractivity contribution in [3.05, 3.63) is 11.3 Å². The summed E-state index contributed by atoms with van der Waals surface area (Å²) in [4.78, 5) is 11.5. The molecule has 0 spiro atoms. The van der Waals surface area contributed by atoms with Crippen LogP contribution >= 0.6 is 0 Å². The van der Waals surface area contributed by atoms with Crippen molar-refractivity contribution in [2.75, 3.05) is 0 Å². The van der Waals surface area contributed by atoms with Gasteiger partial charge in [0, 0.05) is 17.4 Å². The summed E-state index contributed by atoms with van der Waals surface area (Å²) >= 11 is 0. The van der Waals surface area contributed by atoms with Crippen molar-refractivity contribution in [1.82, 2.24) is 0 Å². The van der Waals surface area contributed by atoms with Gasteiger partial charge in [-0.15, -0.1) is 0 Å². The van der Waals surface area contributed by atoms with Crippen LogP contribution in [0, 0.1) is 11.8 Å². The lowest BCUT2D eigenvalue weighted by atomic mass is 9.80. The third-order valence-corrected chi connectivity index (χ3v) is 3.21. The van der Waals surface area contributed by atoms with Gasteiger partial charge in [-0.3, -0.25) is 4.79 Å². The summed E-state index contributed by atoms with van der Waals surface area (Å²) in [6, 6.07) is 0. The lowest BCUT2D eigenvalue weighted by molar-refractivity contribution is -0.119. The van der Waals surface area contributed by atoms with Gasteiger partial charge in [0.05, 0.1) is 0 Å². The van der Waals surface area contributed by atoms with Crippen molar-refractivity contribution in [3.8, 4) is 0 Å². The summed E-state index contributed by atoms with van der Waals surface area (Å²) in [6.45, 7) is 1.75. The molecule has 0 bridgehead atoms. The molecule has 66 valence electrons. The van der Waals surface area contributed by atoms with Crippen molar-refractivity contribution >= 4 is 5.78 Å². The van der Waals surface area contributed by atoms with Crippen LogP contribution in [-0.2, 0) is 4.79 Å². The van der Waals surface area contributed by atoms with E-state index in [1.165, 1.54) is 0 Å². The second kappa shape index (κ2) is 2.61. The zero-order valence-electron chi connectivity index (χ0n) is 7.34. The van der Waals surface area contributed by atoms with Crippen LogP contribution in [0.15, 0.2) is 11.3 Å². The smallest absolute Gasteiger partial charge is 0.165 e. The fourth-order valence-electron chi connectivity index (χ4n) is 2.45. The molecule has 2 aliphatic carbocycles. The first-order valence-electron chi connectivity index (χ1n) is 4.65. The molecule has 2 heteroatoms. The van der Waals surface area contributed by atoms with Crippen LogP contribution in [0.1, 0.15) is 32.6 Å². The molecule has 0 aromatic rings. The van der Waals surface area contributed by atoms with Crippen LogP contribution in [0.2, 0.25) is 0 Å². The molecule has 2 atom stereocenters. The van der Waals surface area contributed by atoms with E-state index in [2.05, 4.69) is 0 Å². The van der Waals surface area contributed by atoms with Crippen LogP contribution in [0.25, 0.3) is 0 Å². The molecule has 0 aliphatic heterocycles. The largest absolute Gasteiger partial charge is 0.512 e. The average molecular weight is 166 g/mol. The molecule has 1 N–H and O–H groups in total. The van der Waals surface area contributed by atoms with Crippen LogP contribution in [0.3, 0.4) is 0 Å². The van der Waals surface area contributed by atoms with Crippen molar-refractivity contribution < 1.29 is 9.90 Å². The van der Waals surface area contributed by atoms with Gasteiger partial charge >= 0.3 is 0 Å². The van der Waals surface area contributed by atoms with Gasteiger partial charge in [-0.25, -0.2) is 0 Å². The summed E-state index contributed by atoms with van der Waals surface area (Å²) in [5.41, 5.74) is 0.618. The lowest BCUT2D eigenvalue weighted by Crippen LogP contribution is -2.21. The minimum absolute atomic E-state index is 0.124. The predicted octanol–water partition coefficient (Wildman–Crippen LogP) is 2.21. The first-order chi connectivity index (χ1) is 5.72. The molecule has 0 saturated heterocycles. The van der Waals surface area contributed by atoms with Crippen molar-refractivity contribution in [1.29, 1.82) is 0 Å². The summed E-state index contributed by atoms with van der Waals surface area (Å²) in [6.07, 6.45) is 4.28. The van der Waals surface area contributed by atoms with Gasteiger partial charge < -0.3 is 5.11 Å². The van der Waals surface area contributed by atoms with E-state index in [9.17, 15) is 9.90 Å². The Kier molecular flexibility index (Phi) is 1.71. The molecular formula is C10H14O2. The standard InChI is InChI=1S/C10H14O2/c1-6-9(11)7-4-2-3-5-8(7)10(6)12/h7-8,11H,2-5H2,1H3. The summed E-state index contributed by atoms with van der Waals surface area (Å²) in [7, 11) is 0. The van der Waals surface area contributed by atoms with Gasteiger partial charge in [-0.2, -0.15) is 0 Å². The molecule has 1 fully saturated rings. The predicted molar refractivity (Wildman–Crippen MR) is 45.8 cm³/mol. The molecule has 0 aromatic heterocycles. The number of fused-ring (bicyclic) bond motifs is 1. The summed E-state index contributed by atoms with van der Waals surface area (Å²) in [5, 5.41) is 9.62. The number of hydrogen-bond donors (Lipinski definition) is 1. The molecule has 2 rings (SSSR count). The maximum absolute atomic E-state index is 11.5. The minimum atomic E-state index is 0.124. The fraction of sp³-hybridized carbons (Fsp3) is 0.700. The molecular weight excluding hydrogens is 152 g/mol. The quantitative estimate of drug-likeness (QED) is 0.599. The normalized spacial score (nSPS) is 35.6. The second-order valence-corrected chi connectivity index (χ2v) is 3.87. The van der Waals surface area contributed by atoms with E-state index >= 15 is 0 Å². The van der Waals surface area contributed by atoms with Gasteiger partial charge in [0.15, 0.2) is 5.78 Å². The number of aliphatic hydroxyl groups is 1. The van der Waals surface area contributed by atoms with Crippen LogP contribution in [0.5, 0.6) is 0 Å². The molecule has 0 amide bonds. The number of carbonyl (C=O) groups excluding carboxylic acids is 1. The fourth-order valence-corrected chi connectivity index (χ4v) is 2.45. The van der Waals surface area contributed by atoms with Crippen molar-refractivity contribution in [3.63, 3.8) is 0 Å². The molecule has 2 unspecified atom stereocenters. The number of aliphatic hydroxyl groups excluding tert-OH is 1. The maximum Gasteiger partial charge on any atom is 0.165 e. The number of ketones is 1. The minimum Gasteiger partial charge on any atom is -0.512 e. The Labute approximate surface area is 72.3 Å². The van der Waals surface area contributed by atoms with E-state index in [4.69, 9.17) is 0 Å². The lowest BCUT2D eigenvalue weighted by Gasteiger charge is -2.23. The van der Waals surface area contributed by atoms with E-state index in [1.54, 1.807) is 6.92 Å². The summed E-state index contributed by atoms with van der Waals surface area (Å²) < 4.78 is 0. The molecule has 2 aliphatic rings. The third kappa shape index (κ3) is 0.904. The molecule has 0 radical (unpaired) electrons. The van der Waals surface area contributed by atoms with Gasteiger partial charge in [0.1, 0.15) is 5.76 Å². The maximum atomic E-state index is 11.5. The van der Waals surface area contributed by atoms with Crippen LogP contribution < -0.4 is 0 Å². The molecule has 1 saturated carbocycles. The Morgan fingerprint density at radius 1 is 1.25 bits per heavy atom. The van der Waals surface area contributed by atoms with Crippen LogP contribution in [0.4, 0.5) is 0 Å². The van der Waals surface area contributed by atoms with Gasteiger partial charge in [-0.1, -0.05) is 12.8 Å². The first-order valence-corrected chi connectivity index (χ1v) is 4.65. The highest BCUT2D eigenvalue weighted by molar-refractivity contribution is 6.00. The topological polar surface area (TPSA) is 37.3 Å². The Balaban J connectivity index is 2.29. The zero-order chi connectivity index (χ0) is 8.72. The zero-order valence-corrected chi connectivity index (χ0v) is 7.34. The second-order valence-electron chi connectivity index (χ2n) is 3.87. The Morgan fingerprint density at radius 2 is 1.83 bits per heavy atom. The first kappa shape index (κ1) is 7.84. The highest BCUT2D eigenvalue weighted by Crippen LogP contribution is 2.42. The van der Waals surface area contributed by atoms with Crippen molar-refractivity contribution in [2.24, 2.45) is 11.8 Å². The Hall–Kier alpha value is -0.790. The Bertz CT molecular complexity index is 253. The van der Waals surface area contributed by atoms with Gasteiger partial charge in [-0.05, 0) is 19.8 Å². The van der Waals surface area contributed by atoms with Crippen molar-refractivity contribution in [2.45, 2.75) is 32.6 Å². The third-order valence-electron chi connectivity index (χ3n) is 3.21. The highest BCUT2D eigenvalue weighted by Gasteiger charge is 2.41. The number of Topliss-reactive ketones (excluding diaryl/α,β-unsaturated/α-hetero) is 1. The average Bonchev–Trinajstić information content (AvgIpc) is 2.33. The number of hydrogen-bond acceptors (Lipinski definition) is 2. The highest BCUT2D eigenvalue weighted by atomic mass is 16.3. The molecule has 12 heavy (non-hydrogen) atoms. The molecule has 2 nitrogen and oxygen atoms in total. The van der Waals surface area contributed by atoms with Gasteiger partial charge in [0.25, 0.3) is 0 Å². The van der Waals surface area contributed by atoms with E-state index in [-0.39, 0.29) is 17.6 Å². The van der Waals surface area contributed by atoms with E-state index in [0.717, 1.165) is 25.7 Å². The van der Waals surface area contributed by atoms with Gasteiger partial charge in [0.2, 0.25) is 0 Å². The Morgan fingerprint density at radius 3 is 2.42 bits per heavy atom. The van der Waals surface area contributed by atoms with E-state index in [1.807, 2.05) is 0 Å². The number of carbonyl (C=O) groups is 1. The SMILES string of the molecule is CC1=C(O)C2CCCCC2C1=O. The van der Waals surface area contributed by atoms with Crippen LogP contribution in [-0.4, -0.2) is 10.9 Å². The van der Waals surface area contributed by atoms with E-state index in [0.29, 0.717) is 11.3 Å². The number of allylic oxidation sites excluding steroid dienone is 2. The molecule has 0 aromatic carbocycles. The molecule has 0 heterocycles. The monoisotopic (exact) mass is 166 g/mol. The number of rotatable bonds is 0.